The van der Waals surface area contributed by atoms with Crippen LogP contribution in [0.2, 0.25) is 0 Å². The van der Waals surface area contributed by atoms with Gasteiger partial charge in [0.25, 0.3) is 5.91 Å². The van der Waals surface area contributed by atoms with Gasteiger partial charge in [-0.1, -0.05) is 19.1 Å². The maximum Gasteiger partial charge on any atom is 0.416 e. The summed E-state index contributed by atoms with van der Waals surface area (Å²) in [6.45, 7) is 4.42. The zero-order valence-electron chi connectivity index (χ0n) is 23.1. The van der Waals surface area contributed by atoms with Gasteiger partial charge in [0.2, 0.25) is 0 Å². The fourth-order valence-corrected chi connectivity index (χ4v) is 5.25. The lowest BCUT2D eigenvalue weighted by Gasteiger charge is -2.23. The van der Waals surface area contributed by atoms with E-state index in [2.05, 4.69) is 10.3 Å². The molecule has 0 saturated heterocycles. The molecular formula is C29H31F3N4O4S. The van der Waals surface area contributed by atoms with Crippen molar-refractivity contribution >= 4 is 26.8 Å². The average Bonchev–Trinajstić information content (AvgIpc) is 3.28. The predicted octanol–water partition coefficient (Wildman–Crippen LogP) is 5.69. The Balaban J connectivity index is 1.58. The lowest BCUT2D eigenvalue weighted by atomic mass is 10.1. The van der Waals surface area contributed by atoms with Gasteiger partial charge in [0.05, 0.1) is 33.3 Å². The zero-order chi connectivity index (χ0) is 29.9. The molecule has 1 unspecified atom stereocenters. The van der Waals surface area contributed by atoms with Crippen molar-refractivity contribution < 1.29 is 31.1 Å². The van der Waals surface area contributed by atoms with Crippen molar-refractivity contribution in [2.45, 2.75) is 37.5 Å². The SMILES string of the molecule is CCn1c(Oc2ccc(C(F)(F)F)cc2)nc2cc(C(=O)NC(CN(C)C)c3ccc(S(=O)(=O)CC)cc3)ccc21. The van der Waals surface area contributed by atoms with E-state index in [1.807, 2.05) is 25.9 Å². The van der Waals surface area contributed by atoms with Gasteiger partial charge in [0, 0.05) is 18.7 Å². The zero-order valence-corrected chi connectivity index (χ0v) is 23.9. The van der Waals surface area contributed by atoms with E-state index in [1.165, 1.54) is 12.1 Å². The van der Waals surface area contributed by atoms with Crippen LogP contribution in [-0.2, 0) is 22.6 Å². The molecule has 3 aromatic carbocycles. The molecule has 0 aliphatic carbocycles. The summed E-state index contributed by atoms with van der Waals surface area (Å²) in [5, 5.41) is 3.02. The van der Waals surface area contributed by atoms with Crippen LogP contribution >= 0.6 is 0 Å². The highest BCUT2D eigenvalue weighted by molar-refractivity contribution is 7.91. The van der Waals surface area contributed by atoms with E-state index in [0.717, 1.165) is 17.7 Å². The first kappa shape index (κ1) is 30.1. The van der Waals surface area contributed by atoms with Gasteiger partial charge in [-0.3, -0.25) is 9.36 Å². The Morgan fingerprint density at radius 3 is 2.24 bits per heavy atom. The molecule has 0 fully saturated rings. The molecule has 0 radical (unpaired) electrons. The molecule has 1 amide bonds. The van der Waals surface area contributed by atoms with Gasteiger partial charge in [0.1, 0.15) is 5.75 Å². The van der Waals surface area contributed by atoms with E-state index in [0.29, 0.717) is 29.7 Å². The average molecular weight is 589 g/mol. The molecular weight excluding hydrogens is 557 g/mol. The molecule has 0 bridgehead atoms. The predicted molar refractivity (Wildman–Crippen MR) is 150 cm³/mol. The highest BCUT2D eigenvalue weighted by Gasteiger charge is 2.30. The molecule has 0 saturated carbocycles. The minimum absolute atomic E-state index is 0.00241. The van der Waals surface area contributed by atoms with E-state index in [4.69, 9.17) is 4.74 Å². The molecule has 4 rings (SSSR count). The fraction of sp³-hybridized carbons (Fsp3) is 0.310. The van der Waals surface area contributed by atoms with E-state index >= 15 is 0 Å². The van der Waals surface area contributed by atoms with Gasteiger partial charge >= 0.3 is 12.2 Å². The normalized spacial score (nSPS) is 13.0. The van der Waals surface area contributed by atoms with Crippen molar-refractivity contribution in [1.29, 1.82) is 0 Å². The van der Waals surface area contributed by atoms with Gasteiger partial charge in [-0.2, -0.15) is 18.2 Å². The third kappa shape index (κ3) is 6.88. The number of alkyl halides is 3. The second kappa shape index (κ2) is 11.9. The summed E-state index contributed by atoms with van der Waals surface area (Å²) in [4.78, 5) is 19.9. The number of imidazole rings is 1. The van der Waals surface area contributed by atoms with E-state index in [-0.39, 0.29) is 28.3 Å². The number of nitrogens with zero attached hydrogens (tertiary/aromatic N) is 3. The smallest absolute Gasteiger partial charge is 0.416 e. The van der Waals surface area contributed by atoms with Crippen LogP contribution in [0.3, 0.4) is 0 Å². The summed E-state index contributed by atoms with van der Waals surface area (Å²) in [5.74, 6) is -0.150. The van der Waals surface area contributed by atoms with Crippen molar-refractivity contribution in [3.63, 3.8) is 0 Å². The minimum Gasteiger partial charge on any atom is -0.425 e. The Kier molecular flexibility index (Phi) is 8.74. The largest absolute Gasteiger partial charge is 0.425 e. The summed E-state index contributed by atoms with van der Waals surface area (Å²) in [6, 6.07) is 15.6. The Morgan fingerprint density at radius 2 is 1.68 bits per heavy atom. The number of halogens is 3. The first-order valence-electron chi connectivity index (χ1n) is 13.0. The van der Waals surface area contributed by atoms with Gasteiger partial charge in [0.15, 0.2) is 9.84 Å². The topological polar surface area (TPSA) is 93.5 Å². The highest BCUT2D eigenvalue weighted by atomic mass is 32.2. The maximum absolute atomic E-state index is 13.3. The van der Waals surface area contributed by atoms with Gasteiger partial charge in [-0.15, -0.1) is 0 Å². The number of ether oxygens (including phenoxy) is 1. The second-order valence-corrected chi connectivity index (χ2v) is 12.0. The third-order valence-electron chi connectivity index (χ3n) is 6.56. The van der Waals surface area contributed by atoms with Gasteiger partial charge in [-0.25, -0.2) is 8.42 Å². The number of benzene rings is 3. The number of carbonyl (C=O) groups is 1. The lowest BCUT2D eigenvalue weighted by Crippen LogP contribution is -2.35. The monoisotopic (exact) mass is 588 g/mol. The molecule has 41 heavy (non-hydrogen) atoms. The van der Waals surface area contributed by atoms with Crippen LogP contribution in [0, 0.1) is 0 Å². The van der Waals surface area contributed by atoms with Crippen LogP contribution in [0.1, 0.15) is 41.4 Å². The standard InChI is InChI=1S/C29H31F3N4O4S/c1-5-36-26-16-9-20(17-24(26)34-28(36)40-22-12-10-21(11-13-22)29(30,31)32)27(37)33-25(18-35(3)4)19-7-14-23(15-8-19)41(38,39)6-2/h7-17,25H,5-6,18H2,1-4H3,(H,33,37). The number of amides is 1. The van der Waals surface area contributed by atoms with Crippen LogP contribution in [0.15, 0.2) is 71.6 Å². The molecule has 12 heteroatoms. The van der Waals surface area contributed by atoms with Crippen LogP contribution in [0.4, 0.5) is 13.2 Å². The Bertz CT molecular complexity index is 1630. The van der Waals surface area contributed by atoms with Crippen molar-refractivity contribution in [3.8, 4) is 11.8 Å². The summed E-state index contributed by atoms with van der Waals surface area (Å²) < 4.78 is 70.7. The number of aromatic nitrogens is 2. The summed E-state index contributed by atoms with van der Waals surface area (Å²) in [7, 11) is 0.399. The summed E-state index contributed by atoms with van der Waals surface area (Å²) in [5.41, 5.74) is 1.51. The van der Waals surface area contributed by atoms with Crippen LogP contribution in [-0.4, -0.2) is 55.2 Å². The Morgan fingerprint density at radius 1 is 1.02 bits per heavy atom. The fourth-order valence-electron chi connectivity index (χ4n) is 4.37. The van der Waals surface area contributed by atoms with Crippen molar-refractivity contribution in [3.05, 3.63) is 83.4 Å². The van der Waals surface area contributed by atoms with Crippen LogP contribution < -0.4 is 10.1 Å². The number of likely N-dealkylation sites (N-methyl/N-ethyl adjacent to an activating group) is 1. The van der Waals surface area contributed by atoms with Crippen molar-refractivity contribution in [2.24, 2.45) is 0 Å². The molecule has 4 aromatic rings. The first-order chi connectivity index (χ1) is 19.3. The molecule has 0 spiro atoms. The van der Waals surface area contributed by atoms with E-state index < -0.39 is 27.6 Å². The second-order valence-electron chi connectivity index (χ2n) is 9.73. The quantitative estimate of drug-likeness (QED) is 0.256. The number of aryl methyl sites for hydroxylation is 1. The number of hydrogen-bond donors (Lipinski definition) is 1. The van der Waals surface area contributed by atoms with Crippen LogP contribution in [0.25, 0.3) is 11.0 Å². The van der Waals surface area contributed by atoms with Crippen molar-refractivity contribution in [2.75, 3.05) is 26.4 Å². The molecule has 1 atom stereocenters. The van der Waals surface area contributed by atoms with Gasteiger partial charge in [-0.05, 0) is 81.2 Å². The first-order valence-corrected chi connectivity index (χ1v) is 14.6. The molecule has 1 aromatic heterocycles. The van der Waals surface area contributed by atoms with E-state index in [1.54, 1.807) is 54.0 Å². The molecule has 1 N–H and O–H groups in total. The Hall–Kier alpha value is -3.90. The van der Waals surface area contributed by atoms with E-state index in [9.17, 15) is 26.4 Å². The van der Waals surface area contributed by atoms with Crippen LogP contribution in [0.5, 0.6) is 11.8 Å². The van der Waals surface area contributed by atoms with Gasteiger partial charge < -0.3 is 15.0 Å². The number of rotatable bonds is 10. The molecule has 8 nitrogen and oxygen atoms in total. The number of sulfone groups is 1. The molecule has 0 aliphatic rings. The van der Waals surface area contributed by atoms with Crippen molar-refractivity contribution in [1.82, 2.24) is 19.8 Å². The molecule has 1 heterocycles. The minimum atomic E-state index is -4.45. The molecule has 0 aliphatic heterocycles. The maximum atomic E-state index is 13.3. The number of carbonyl (C=O) groups excluding carboxylic acids is 1. The number of fused-ring (bicyclic) bond motifs is 1. The Labute approximate surface area is 236 Å². The number of hydrogen-bond acceptors (Lipinski definition) is 6. The molecule has 218 valence electrons. The highest BCUT2D eigenvalue weighted by Crippen LogP contribution is 2.32. The third-order valence-corrected chi connectivity index (χ3v) is 8.31. The lowest BCUT2D eigenvalue weighted by molar-refractivity contribution is -0.137. The summed E-state index contributed by atoms with van der Waals surface area (Å²) >= 11 is 0. The number of nitrogens with one attached hydrogen (secondary N) is 1. The summed E-state index contributed by atoms with van der Waals surface area (Å²) in [6.07, 6.45) is -4.45.